The lowest BCUT2D eigenvalue weighted by atomic mass is 9.94. The normalized spacial score (nSPS) is 21.1. The van der Waals surface area contributed by atoms with E-state index in [1.54, 1.807) is 6.07 Å². The third-order valence-corrected chi connectivity index (χ3v) is 4.67. The second-order valence-electron chi connectivity index (χ2n) is 5.19. The number of rotatable bonds is 2. The Labute approximate surface area is 144 Å². The predicted octanol–water partition coefficient (Wildman–Crippen LogP) is 4.74. The number of aliphatic imine (C=N–C) groups is 1. The van der Waals surface area contributed by atoms with Gasteiger partial charge in [-0.15, -0.1) is 0 Å². The predicted molar refractivity (Wildman–Crippen MR) is 92.8 cm³/mol. The fraction of sp³-hybridized carbons (Fsp3) is 0.188. The van der Waals surface area contributed by atoms with E-state index < -0.39 is 0 Å². The van der Waals surface area contributed by atoms with E-state index in [-0.39, 0.29) is 12.1 Å². The topological polar surface area (TPSA) is 50.4 Å². The molecule has 114 valence electrons. The molecule has 2 unspecified atom stereocenters. The van der Waals surface area contributed by atoms with Crippen molar-refractivity contribution in [1.29, 1.82) is 0 Å². The second-order valence-corrected chi connectivity index (χ2v) is 6.44. The van der Waals surface area contributed by atoms with E-state index in [0.29, 0.717) is 21.0 Å². The van der Waals surface area contributed by atoms with Crippen molar-refractivity contribution in [1.82, 2.24) is 5.32 Å². The highest BCUT2D eigenvalue weighted by molar-refractivity contribution is 6.42. The van der Waals surface area contributed by atoms with Crippen LogP contribution in [0.2, 0.25) is 15.1 Å². The molecule has 0 bridgehead atoms. The monoisotopic (exact) mass is 353 g/mol. The van der Waals surface area contributed by atoms with Crippen LogP contribution in [-0.4, -0.2) is 5.96 Å². The van der Waals surface area contributed by atoms with Crippen LogP contribution in [0, 0.1) is 0 Å². The lowest BCUT2D eigenvalue weighted by Gasteiger charge is -2.29. The molecule has 22 heavy (non-hydrogen) atoms. The van der Waals surface area contributed by atoms with Crippen molar-refractivity contribution in [2.45, 2.75) is 18.5 Å². The highest BCUT2D eigenvalue weighted by Gasteiger charge is 2.24. The van der Waals surface area contributed by atoms with Crippen molar-refractivity contribution >= 4 is 40.8 Å². The average molecular weight is 355 g/mol. The molecule has 0 aromatic heterocycles. The van der Waals surface area contributed by atoms with Gasteiger partial charge in [-0.05, 0) is 41.8 Å². The van der Waals surface area contributed by atoms with Gasteiger partial charge in [0.15, 0.2) is 5.96 Å². The summed E-state index contributed by atoms with van der Waals surface area (Å²) >= 11 is 18.0. The number of halogens is 3. The van der Waals surface area contributed by atoms with Gasteiger partial charge in [-0.3, -0.25) is 0 Å². The molecule has 6 heteroatoms. The Kier molecular flexibility index (Phi) is 4.48. The molecule has 3 N–H and O–H groups in total. The van der Waals surface area contributed by atoms with E-state index in [4.69, 9.17) is 40.5 Å². The molecule has 1 aliphatic heterocycles. The van der Waals surface area contributed by atoms with Crippen LogP contribution < -0.4 is 11.1 Å². The van der Waals surface area contributed by atoms with Crippen molar-refractivity contribution < 1.29 is 0 Å². The first kappa shape index (κ1) is 15.5. The van der Waals surface area contributed by atoms with Gasteiger partial charge in [-0.25, -0.2) is 4.99 Å². The van der Waals surface area contributed by atoms with E-state index in [1.807, 2.05) is 36.4 Å². The molecule has 2 aromatic rings. The Morgan fingerprint density at radius 2 is 1.64 bits per heavy atom. The molecule has 0 saturated carbocycles. The molecular weight excluding hydrogens is 341 g/mol. The minimum Gasteiger partial charge on any atom is -0.370 e. The number of benzene rings is 2. The van der Waals surface area contributed by atoms with Gasteiger partial charge in [0.2, 0.25) is 0 Å². The van der Waals surface area contributed by atoms with E-state index >= 15 is 0 Å². The van der Waals surface area contributed by atoms with Crippen LogP contribution in [0.3, 0.4) is 0 Å². The zero-order valence-electron chi connectivity index (χ0n) is 11.6. The van der Waals surface area contributed by atoms with Crippen molar-refractivity contribution in [3.05, 3.63) is 68.7 Å². The summed E-state index contributed by atoms with van der Waals surface area (Å²) in [5.74, 6) is 0.419. The first-order valence-corrected chi connectivity index (χ1v) is 7.96. The van der Waals surface area contributed by atoms with E-state index in [0.717, 1.165) is 17.5 Å². The molecule has 0 amide bonds. The molecule has 0 fully saturated rings. The highest BCUT2D eigenvalue weighted by atomic mass is 35.5. The van der Waals surface area contributed by atoms with Gasteiger partial charge in [-0.1, -0.05) is 53.0 Å². The Morgan fingerprint density at radius 3 is 2.32 bits per heavy atom. The van der Waals surface area contributed by atoms with Crippen LogP contribution in [0.25, 0.3) is 0 Å². The quantitative estimate of drug-likeness (QED) is 0.818. The average Bonchev–Trinajstić information content (AvgIpc) is 2.50. The molecule has 1 aliphatic rings. The Bertz CT molecular complexity index is 713. The molecule has 3 nitrogen and oxygen atoms in total. The summed E-state index contributed by atoms with van der Waals surface area (Å²) in [4.78, 5) is 4.47. The molecule has 0 spiro atoms. The van der Waals surface area contributed by atoms with Crippen LogP contribution in [0.5, 0.6) is 0 Å². The fourth-order valence-corrected chi connectivity index (χ4v) is 3.00. The zero-order chi connectivity index (χ0) is 15.7. The van der Waals surface area contributed by atoms with Crippen molar-refractivity contribution in [3.63, 3.8) is 0 Å². The summed E-state index contributed by atoms with van der Waals surface area (Å²) in [6.45, 7) is 0. The maximum atomic E-state index is 6.10. The Hall–Kier alpha value is -1.42. The van der Waals surface area contributed by atoms with Crippen molar-refractivity contribution in [3.8, 4) is 0 Å². The van der Waals surface area contributed by atoms with Crippen LogP contribution in [0.15, 0.2) is 47.5 Å². The minimum absolute atomic E-state index is 0.0586. The maximum absolute atomic E-state index is 6.10. The van der Waals surface area contributed by atoms with E-state index in [1.165, 1.54) is 0 Å². The number of nitrogens with one attached hydrogen (secondary N) is 1. The number of hydrogen-bond donors (Lipinski definition) is 2. The molecule has 0 saturated heterocycles. The van der Waals surface area contributed by atoms with Crippen LogP contribution >= 0.6 is 34.8 Å². The summed E-state index contributed by atoms with van der Waals surface area (Å²) < 4.78 is 0. The van der Waals surface area contributed by atoms with Crippen LogP contribution in [0.4, 0.5) is 0 Å². The molecule has 0 aliphatic carbocycles. The number of nitrogens with zero attached hydrogens (tertiary/aromatic N) is 1. The molecule has 1 heterocycles. The molecular formula is C16H14Cl3N3. The minimum atomic E-state index is -0.0586. The first-order chi connectivity index (χ1) is 10.5. The third-order valence-electron chi connectivity index (χ3n) is 3.68. The van der Waals surface area contributed by atoms with Gasteiger partial charge < -0.3 is 11.1 Å². The number of guanidine groups is 1. The van der Waals surface area contributed by atoms with Gasteiger partial charge in [0.1, 0.15) is 0 Å². The smallest absolute Gasteiger partial charge is 0.189 e. The zero-order valence-corrected chi connectivity index (χ0v) is 13.8. The SMILES string of the molecule is NC1=NC(c2ccc(Cl)c(Cl)c2)CC(c2ccc(Cl)cc2)N1. The van der Waals surface area contributed by atoms with Crippen LogP contribution in [-0.2, 0) is 0 Å². The lowest BCUT2D eigenvalue weighted by Crippen LogP contribution is -2.39. The molecule has 2 atom stereocenters. The standard InChI is InChI=1S/C16H14Cl3N3/c17-11-4-1-9(2-5-11)14-8-15(22-16(20)21-14)10-3-6-12(18)13(19)7-10/h1-7,14-15H,8H2,(H3,20,21,22). The number of hydrogen-bond acceptors (Lipinski definition) is 3. The lowest BCUT2D eigenvalue weighted by molar-refractivity contribution is 0.487. The van der Waals surface area contributed by atoms with Crippen LogP contribution in [0.1, 0.15) is 29.6 Å². The van der Waals surface area contributed by atoms with Gasteiger partial charge in [0.25, 0.3) is 0 Å². The van der Waals surface area contributed by atoms with E-state index in [2.05, 4.69) is 10.3 Å². The number of nitrogens with two attached hydrogens (primary N) is 1. The summed E-state index contributed by atoms with van der Waals surface area (Å²) in [6, 6.07) is 13.3. The highest BCUT2D eigenvalue weighted by Crippen LogP contribution is 2.35. The summed E-state index contributed by atoms with van der Waals surface area (Å²) in [7, 11) is 0. The Morgan fingerprint density at radius 1 is 0.955 bits per heavy atom. The van der Waals surface area contributed by atoms with Crippen molar-refractivity contribution in [2.75, 3.05) is 0 Å². The van der Waals surface area contributed by atoms with E-state index in [9.17, 15) is 0 Å². The van der Waals surface area contributed by atoms with Gasteiger partial charge in [-0.2, -0.15) is 0 Å². The summed E-state index contributed by atoms with van der Waals surface area (Å²) in [5.41, 5.74) is 8.06. The second kappa shape index (κ2) is 6.37. The van der Waals surface area contributed by atoms with Gasteiger partial charge in [0.05, 0.1) is 22.1 Å². The van der Waals surface area contributed by atoms with Gasteiger partial charge >= 0.3 is 0 Å². The van der Waals surface area contributed by atoms with Gasteiger partial charge in [0, 0.05) is 5.02 Å². The first-order valence-electron chi connectivity index (χ1n) is 6.83. The molecule has 0 radical (unpaired) electrons. The molecule has 3 rings (SSSR count). The fourth-order valence-electron chi connectivity index (χ4n) is 2.56. The third kappa shape index (κ3) is 3.32. The van der Waals surface area contributed by atoms with Crippen molar-refractivity contribution in [2.24, 2.45) is 10.7 Å². The summed E-state index contributed by atoms with van der Waals surface area (Å²) in [6.07, 6.45) is 0.778. The summed E-state index contributed by atoms with van der Waals surface area (Å²) in [5, 5.41) is 4.97. The largest absolute Gasteiger partial charge is 0.370 e. The maximum Gasteiger partial charge on any atom is 0.189 e. The molecule has 2 aromatic carbocycles. The Balaban J connectivity index is 1.88.